The Labute approximate surface area is 196 Å². The van der Waals surface area contributed by atoms with E-state index in [9.17, 15) is 29.1 Å². The van der Waals surface area contributed by atoms with Crippen molar-refractivity contribution in [3.63, 3.8) is 0 Å². The summed E-state index contributed by atoms with van der Waals surface area (Å²) in [4.78, 5) is 67.0. The van der Waals surface area contributed by atoms with Crippen LogP contribution >= 0.6 is 12.6 Å². The standard InChI is InChI=1S/C19H31N7O6S/c1-3-9(2)15(18(30)24-12(19(31)32)5-14(21)27)26-17(29)13(7-33)25-16(28)11(20)4-10-6-22-8-23-10/h6,8-9,11-13,15,33H,3-5,7,20H2,1-2H3,(H2,21,27)(H,22,23)(H,24,30)(H,25,28)(H,26,29)(H,31,32). The lowest BCUT2D eigenvalue weighted by molar-refractivity contribution is -0.144. The van der Waals surface area contributed by atoms with Gasteiger partial charge in [0.05, 0.1) is 18.8 Å². The summed E-state index contributed by atoms with van der Waals surface area (Å²) in [6.07, 6.45) is 3.00. The van der Waals surface area contributed by atoms with Crippen molar-refractivity contribution in [2.75, 3.05) is 5.75 Å². The second kappa shape index (κ2) is 13.4. The molecule has 1 aromatic rings. The molecule has 5 atom stereocenters. The van der Waals surface area contributed by atoms with Crippen LogP contribution < -0.4 is 27.4 Å². The SMILES string of the molecule is CCC(C)C(NC(=O)C(CS)NC(=O)C(N)Cc1cnc[nH]1)C(=O)NC(CC(N)=O)C(=O)O. The summed E-state index contributed by atoms with van der Waals surface area (Å²) in [5, 5.41) is 16.5. The number of rotatable bonds is 14. The van der Waals surface area contributed by atoms with Crippen LogP contribution in [-0.2, 0) is 30.4 Å². The van der Waals surface area contributed by atoms with Crippen molar-refractivity contribution in [3.8, 4) is 0 Å². The van der Waals surface area contributed by atoms with Crippen molar-refractivity contribution in [1.29, 1.82) is 0 Å². The number of aliphatic carboxylic acids is 1. The highest BCUT2D eigenvalue weighted by Crippen LogP contribution is 2.10. The third-order valence-electron chi connectivity index (χ3n) is 4.96. The number of aromatic nitrogens is 2. The minimum atomic E-state index is -1.54. The van der Waals surface area contributed by atoms with Crippen molar-refractivity contribution < 1.29 is 29.1 Å². The van der Waals surface area contributed by atoms with Gasteiger partial charge in [0.25, 0.3) is 0 Å². The Kier molecular flexibility index (Phi) is 11.4. The Morgan fingerprint density at radius 3 is 2.24 bits per heavy atom. The molecule has 14 heteroatoms. The van der Waals surface area contributed by atoms with Crippen LogP contribution in [0.1, 0.15) is 32.4 Å². The fourth-order valence-electron chi connectivity index (χ4n) is 2.82. The summed E-state index contributed by atoms with van der Waals surface area (Å²) in [5.74, 6) is -4.92. The number of hydrogen-bond donors (Lipinski definition) is 8. The lowest BCUT2D eigenvalue weighted by atomic mass is 9.97. The number of carboxylic acids is 1. The Morgan fingerprint density at radius 1 is 1.12 bits per heavy atom. The van der Waals surface area contributed by atoms with E-state index in [2.05, 4.69) is 38.5 Å². The van der Waals surface area contributed by atoms with Crippen LogP contribution in [0.25, 0.3) is 0 Å². The van der Waals surface area contributed by atoms with Gasteiger partial charge in [-0.3, -0.25) is 19.2 Å². The third-order valence-corrected chi connectivity index (χ3v) is 5.33. The second-order valence-corrected chi connectivity index (χ2v) is 7.94. The molecule has 0 aliphatic rings. The molecule has 0 aromatic carbocycles. The largest absolute Gasteiger partial charge is 0.480 e. The molecule has 1 rings (SSSR count). The van der Waals surface area contributed by atoms with Gasteiger partial charge in [0.15, 0.2) is 0 Å². The highest BCUT2D eigenvalue weighted by molar-refractivity contribution is 7.80. The molecular formula is C19H31N7O6S. The highest BCUT2D eigenvalue weighted by atomic mass is 32.1. The Hall–Kier alpha value is -3.13. The van der Waals surface area contributed by atoms with Gasteiger partial charge in [-0.25, -0.2) is 9.78 Å². The minimum absolute atomic E-state index is 0.0807. The number of nitrogens with zero attached hydrogens (tertiary/aromatic N) is 1. The van der Waals surface area contributed by atoms with E-state index in [0.29, 0.717) is 12.1 Å². The topological polar surface area (TPSA) is 222 Å². The van der Waals surface area contributed by atoms with Crippen LogP contribution in [0, 0.1) is 5.92 Å². The molecule has 1 aromatic heterocycles. The number of thiol groups is 1. The molecule has 9 N–H and O–H groups in total. The molecular weight excluding hydrogens is 454 g/mol. The monoisotopic (exact) mass is 485 g/mol. The number of nitrogens with one attached hydrogen (secondary N) is 4. The Bertz CT molecular complexity index is 835. The van der Waals surface area contributed by atoms with Gasteiger partial charge in [-0.15, -0.1) is 0 Å². The van der Waals surface area contributed by atoms with E-state index in [-0.39, 0.29) is 12.2 Å². The predicted molar refractivity (Wildman–Crippen MR) is 121 cm³/mol. The first-order valence-electron chi connectivity index (χ1n) is 10.3. The number of hydrogen-bond acceptors (Lipinski definition) is 8. The normalized spacial score (nSPS) is 15.4. The molecule has 184 valence electrons. The van der Waals surface area contributed by atoms with Gasteiger partial charge in [0.2, 0.25) is 23.6 Å². The van der Waals surface area contributed by atoms with Gasteiger partial charge in [0.1, 0.15) is 18.1 Å². The summed E-state index contributed by atoms with van der Waals surface area (Å²) in [7, 11) is 0. The second-order valence-electron chi connectivity index (χ2n) is 7.57. The van der Waals surface area contributed by atoms with E-state index in [1.807, 2.05) is 0 Å². The average Bonchev–Trinajstić information content (AvgIpc) is 3.26. The number of amides is 4. The van der Waals surface area contributed by atoms with Crippen LogP contribution in [0.4, 0.5) is 0 Å². The van der Waals surface area contributed by atoms with Crippen LogP contribution in [0.5, 0.6) is 0 Å². The zero-order valence-electron chi connectivity index (χ0n) is 18.4. The number of carboxylic acid groups (broad SMARTS) is 1. The molecule has 4 amide bonds. The molecule has 33 heavy (non-hydrogen) atoms. The Morgan fingerprint density at radius 2 is 1.76 bits per heavy atom. The van der Waals surface area contributed by atoms with Crippen LogP contribution in [0.15, 0.2) is 12.5 Å². The molecule has 0 spiro atoms. The van der Waals surface area contributed by atoms with Gasteiger partial charge >= 0.3 is 5.97 Å². The number of H-pyrrole nitrogens is 1. The van der Waals surface area contributed by atoms with Crippen molar-refractivity contribution >= 4 is 42.2 Å². The van der Waals surface area contributed by atoms with Gasteiger partial charge in [-0.1, -0.05) is 20.3 Å². The van der Waals surface area contributed by atoms with Gasteiger partial charge in [-0.2, -0.15) is 12.6 Å². The number of carbonyl (C=O) groups excluding carboxylic acids is 4. The smallest absolute Gasteiger partial charge is 0.326 e. The number of imidazole rings is 1. The van der Waals surface area contributed by atoms with E-state index in [4.69, 9.17) is 11.5 Å². The Balaban J connectivity index is 2.85. The van der Waals surface area contributed by atoms with Crippen molar-refractivity contribution in [1.82, 2.24) is 25.9 Å². The molecule has 1 heterocycles. The maximum absolute atomic E-state index is 12.8. The van der Waals surface area contributed by atoms with Crippen molar-refractivity contribution in [3.05, 3.63) is 18.2 Å². The third kappa shape index (κ3) is 9.10. The molecule has 5 unspecified atom stereocenters. The van der Waals surface area contributed by atoms with Gasteiger partial charge in [-0.05, 0) is 5.92 Å². The highest BCUT2D eigenvalue weighted by Gasteiger charge is 2.32. The van der Waals surface area contributed by atoms with Crippen LogP contribution in [0.3, 0.4) is 0 Å². The van der Waals surface area contributed by atoms with Crippen molar-refractivity contribution in [2.45, 2.75) is 57.3 Å². The van der Waals surface area contributed by atoms with E-state index in [1.165, 1.54) is 12.5 Å². The van der Waals surface area contributed by atoms with Gasteiger partial charge < -0.3 is 37.5 Å². The molecule has 0 bridgehead atoms. The van der Waals surface area contributed by atoms with Crippen molar-refractivity contribution in [2.24, 2.45) is 17.4 Å². The van der Waals surface area contributed by atoms with Gasteiger partial charge in [0, 0.05) is 24.1 Å². The van der Waals surface area contributed by atoms with Crippen LogP contribution in [0.2, 0.25) is 0 Å². The fourth-order valence-corrected chi connectivity index (χ4v) is 3.07. The average molecular weight is 486 g/mol. The number of primary amides is 1. The lowest BCUT2D eigenvalue weighted by Crippen LogP contribution is -2.59. The zero-order valence-corrected chi connectivity index (χ0v) is 19.3. The summed E-state index contributed by atoms with van der Waals surface area (Å²) >= 11 is 4.09. The number of aromatic amines is 1. The first-order valence-corrected chi connectivity index (χ1v) is 10.9. The maximum atomic E-state index is 12.8. The summed E-state index contributed by atoms with van der Waals surface area (Å²) in [6, 6.07) is -4.73. The quantitative estimate of drug-likeness (QED) is 0.133. The molecule has 0 radical (unpaired) electrons. The molecule has 0 saturated heterocycles. The minimum Gasteiger partial charge on any atom is -0.480 e. The number of nitrogens with two attached hydrogens (primary N) is 2. The fraction of sp³-hybridized carbons (Fsp3) is 0.579. The maximum Gasteiger partial charge on any atom is 0.326 e. The first kappa shape index (κ1) is 27.9. The zero-order chi connectivity index (χ0) is 25.1. The molecule has 0 fully saturated rings. The summed E-state index contributed by atoms with van der Waals surface area (Å²) in [5.41, 5.74) is 11.6. The summed E-state index contributed by atoms with van der Waals surface area (Å²) < 4.78 is 0. The lowest BCUT2D eigenvalue weighted by Gasteiger charge is -2.27. The first-order chi connectivity index (χ1) is 15.5. The van der Waals surface area contributed by atoms with E-state index >= 15 is 0 Å². The molecule has 0 aliphatic heterocycles. The molecule has 13 nitrogen and oxygen atoms in total. The van der Waals surface area contributed by atoms with Crippen LogP contribution in [-0.4, -0.2) is 74.6 Å². The van der Waals surface area contributed by atoms with E-state index in [1.54, 1.807) is 13.8 Å². The number of carbonyl (C=O) groups is 5. The van der Waals surface area contributed by atoms with E-state index in [0.717, 1.165) is 0 Å². The molecule has 0 saturated carbocycles. The summed E-state index contributed by atoms with van der Waals surface area (Å²) in [6.45, 7) is 3.46. The predicted octanol–water partition coefficient (Wildman–Crippen LogP) is -2.33. The van der Waals surface area contributed by atoms with E-state index < -0.39 is 66.1 Å². The molecule has 0 aliphatic carbocycles.